The van der Waals surface area contributed by atoms with E-state index in [1.54, 1.807) is 13.8 Å². The van der Waals surface area contributed by atoms with Crippen LogP contribution in [0.4, 0.5) is 0 Å². The highest BCUT2D eigenvalue weighted by molar-refractivity contribution is 7.79. The van der Waals surface area contributed by atoms with Gasteiger partial charge in [0.1, 0.15) is 0 Å². The molecule has 0 rings (SSSR count). The van der Waals surface area contributed by atoms with Gasteiger partial charge in [-0.3, -0.25) is 9.00 Å². The average molecular weight is 164 g/mol. The fourth-order valence-corrected chi connectivity index (χ4v) is 0.594. The molecule has 60 valence electrons. The molecule has 0 aromatic rings. The summed E-state index contributed by atoms with van der Waals surface area (Å²) in [7, 11) is 0. The van der Waals surface area contributed by atoms with E-state index in [2.05, 4.69) is 5.32 Å². The Bertz CT molecular complexity index is 146. The van der Waals surface area contributed by atoms with Crippen molar-refractivity contribution in [1.82, 2.24) is 5.32 Å². The van der Waals surface area contributed by atoms with Gasteiger partial charge in [-0.2, -0.15) is 0 Å². The van der Waals surface area contributed by atoms with Gasteiger partial charge in [-0.1, -0.05) is 13.8 Å². The van der Waals surface area contributed by atoms with Crippen LogP contribution < -0.4 is 5.32 Å². The first-order valence-corrected chi connectivity index (χ1v) is 4.12. The van der Waals surface area contributed by atoms with Gasteiger partial charge >= 0.3 is 0 Å². The molecule has 1 atom stereocenters. The van der Waals surface area contributed by atoms with Gasteiger partial charge in [-0.05, 0) is 11.1 Å². The molecule has 0 saturated carbocycles. The molecule has 0 aromatic heterocycles. The van der Waals surface area contributed by atoms with Gasteiger partial charge in [0.2, 0.25) is 5.91 Å². The molecule has 10 heavy (non-hydrogen) atoms. The van der Waals surface area contributed by atoms with Crippen LogP contribution in [0.25, 0.3) is 0 Å². The molecule has 5 heteroatoms. The predicted octanol–water partition coefficient (Wildman–Crippen LogP) is -0.405. The average Bonchev–Trinajstić information content (AvgIpc) is 1.82. The summed E-state index contributed by atoms with van der Waals surface area (Å²) in [5.41, 5.74) is 0. The van der Waals surface area contributed by atoms with E-state index < -0.39 is 11.1 Å². The largest absolute Gasteiger partial charge is 0.771 e. The summed E-state index contributed by atoms with van der Waals surface area (Å²) in [6, 6.07) is 0. The van der Waals surface area contributed by atoms with Gasteiger partial charge in [0, 0.05) is 5.92 Å². The molecule has 0 aliphatic carbocycles. The van der Waals surface area contributed by atoms with Crippen molar-refractivity contribution in [3.05, 3.63) is 0 Å². The number of hydrogen-bond donors (Lipinski definition) is 1. The van der Waals surface area contributed by atoms with Crippen molar-refractivity contribution < 1.29 is 13.6 Å². The maximum absolute atomic E-state index is 10.7. The van der Waals surface area contributed by atoms with Gasteiger partial charge in [0.25, 0.3) is 0 Å². The lowest BCUT2D eigenvalue weighted by Crippen LogP contribution is -2.30. The SMILES string of the molecule is CC(C)C(=O)NCS(=O)[O-]. The van der Waals surface area contributed by atoms with Gasteiger partial charge in [-0.25, -0.2) is 0 Å². The third kappa shape index (κ3) is 4.46. The van der Waals surface area contributed by atoms with Gasteiger partial charge in [0.05, 0.1) is 5.88 Å². The smallest absolute Gasteiger partial charge is 0.223 e. The summed E-state index contributed by atoms with van der Waals surface area (Å²) in [6.45, 7) is 3.39. The zero-order chi connectivity index (χ0) is 8.15. The fourth-order valence-electron chi connectivity index (χ4n) is 0.334. The second kappa shape index (κ2) is 4.40. The molecular weight excluding hydrogens is 154 g/mol. The molecule has 1 amide bonds. The molecule has 0 bridgehead atoms. The maximum atomic E-state index is 10.7. The minimum Gasteiger partial charge on any atom is -0.771 e. The highest BCUT2D eigenvalue weighted by atomic mass is 32.2. The van der Waals surface area contributed by atoms with Crippen LogP contribution in [-0.4, -0.2) is 20.5 Å². The van der Waals surface area contributed by atoms with Crippen molar-refractivity contribution in [1.29, 1.82) is 0 Å². The highest BCUT2D eigenvalue weighted by Gasteiger charge is 2.03. The van der Waals surface area contributed by atoms with Crippen molar-refractivity contribution in [2.45, 2.75) is 13.8 Å². The Kier molecular flexibility index (Phi) is 4.22. The van der Waals surface area contributed by atoms with E-state index in [0.29, 0.717) is 0 Å². The van der Waals surface area contributed by atoms with Crippen LogP contribution in [0.1, 0.15) is 13.8 Å². The minimum atomic E-state index is -2.18. The van der Waals surface area contributed by atoms with Crippen molar-refractivity contribution >= 4 is 17.0 Å². The Balaban J connectivity index is 3.50. The molecule has 1 N–H and O–H groups in total. The number of nitrogens with one attached hydrogen (secondary N) is 1. The van der Waals surface area contributed by atoms with Crippen LogP contribution in [0.15, 0.2) is 0 Å². The van der Waals surface area contributed by atoms with Crippen LogP contribution in [0.5, 0.6) is 0 Å². The number of amides is 1. The molecule has 0 fully saturated rings. The highest BCUT2D eigenvalue weighted by Crippen LogP contribution is 1.89. The van der Waals surface area contributed by atoms with Crippen LogP contribution in [0.2, 0.25) is 0 Å². The van der Waals surface area contributed by atoms with E-state index in [1.807, 2.05) is 0 Å². The molecule has 0 aliphatic rings. The van der Waals surface area contributed by atoms with Gasteiger partial charge in [-0.15, -0.1) is 0 Å². The Morgan fingerprint density at radius 3 is 2.50 bits per heavy atom. The number of carbonyl (C=O) groups is 1. The standard InChI is InChI=1S/C5H11NO3S/c1-4(2)5(7)6-3-10(8)9/h4H,3H2,1-2H3,(H,6,7)(H,8,9)/p-1. The van der Waals surface area contributed by atoms with Crippen LogP contribution >= 0.6 is 0 Å². The van der Waals surface area contributed by atoms with Gasteiger partial charge < -0.3 is 9.87 Å². The minimum absolute atomic E-state index is 0.163. The summed E-state index contributed by atoms with van der Waals surface area (Å²) in [5.74, 6) is -0.704. The van der Waals surface area contributed by atoms with Crippen LogP contribution in [0, 0.1) is 5.92 Å². The first-order valence-electron chi connectivity index (χ1n) is 2.87. The number of carbonyl (C=O) groups excluding carboxylic acids is 1. The summed E-state index contributed by atoms with van der Waals surface area (Å²) >= 11 is -2.18. The van der Waals surface area contributed by atoms with E-state index in [-0.39, 0.29) is 17.7 Å². The second-order valence-corrected chi connectivity index (χ2v) is 3.04. The maximum Gasteiger partial charge on any atom is 0.223 e. The van der Waals surface area contributed by atoms with Crippen molar-refractivity contribution in [2.24, 2.45) is 5.92 Å². The van der Waals surface area contributed by atoms with E-state index in [0.717, 1.165) is 0 Å². The van der Waals surface area contributed by atoms with Crippen molar-refractivity contribution in [3.8, 4) is 0 Å². The molecule has 0 heterocycles. The molecule has 0 spiro atoms. The molecule has 0 saturated heterocycles. The summed E-state index contributed by atoms with van der Waals surface area (Å²) in [4.78, 5) is 10.7. The lowest BCUT2D eigenvalue weighted by Gasteiger charge is -2.08. The van der Waals surface area contributed by atoms with E-state index in [4.69, 9.17) is 0 Å². The van der Waals surface area contributed by atoms with Gasteiger partial charge in [0.15, 0.2) is 0 Å². The Morgan fingerprint density at radius 2 is 2.20 bits per heavy atom. The fraction of sp³-hybridized carbons (Fsp3) is 0.800. The Hall–Kier alpha value is -0.420. The third-order valence-corrected chi connectivity index (χ3v) is 1.27. The normalized spacial score (nSPS) is 13.2. The molecule has 0 radical (unpaired) electrons. The molecule has 4 nitrogen and oxygen atoms in total. The summed E-state index contributed by atoms with van der Waals surface area (Å²) in [5, 5.41) is 2.23. The van der Waals surface area contributed by atoms with Crippen molar-refractivity contribution in [2.75, 3.05) is 5.88 Å². The topological polar surface area (TPSA) is 69.2 Å². The number of rotatable bonds is 3. The molecule has 0 aromatic carbocycles. The predicted molar refractivity (Wildman–Crippen MR) is 36.8 cm³/mol. The summed E-state index contributed by atoms with van der Waals surface area (Å²) in [6.07, 6.45) is 0. The van der Waals surface area contributed by atoms with Crippen LogP contribution in [-0.2, 0) is 15.9 Å². The second-order valence-electron chi connectivity index (χ2n) is 2.14. The molecular formula is C5H10NO3S-. The quantitative estimate of drug-likeness (QED) is 0.577. The monoisotopic (exact) mass is 164 g/mol. The molecule has 1 unspecified atom stereocenters. The van der Waals surface area contributed by atoms with E-state index in [1.165, 1.54) is 0 Å². The first kappa shape index (κ1) is 9.58. The number of hydrogen-bond acceptors (Lipinski definition) is 3. The lowest BCUT2D eigenvalue weighted by atomic mass is 10.2. The summed E-state index contributed by atoms with van der Waals surface area (Å²) < 4.78 is 19.8. The Labute approximate surface area is 62.3 Å². The first-order chi connectivity index (χ1) is 4.54. The van der Waals surface area contributed by atoms with Crippen LogP contribution in [0.3, 0.4) is 0 Å². The molecule has 0 aliphatic heterocycles. The zero-order valence-electron chi connectivity index (χ0n) is 5.92. The van der Waals surface area contributed by atoms with E-state index in [9.17, 15) is 13.6 Å². The zero-order valence-corrected chi connectivity index (χ0v) is 6.73. The van der Waals surface area contributed by atoms with Crippen molar-refractivity contribution in [3.63, 3.8) is 0 Å². The third-order valence-electron chi connectivity index (χ3n) is 0.889. The lowest BCUT2D eigenvalue weighted by molar-refractivity contribution is -0.123. The van der Waals surface area contributed by atoms with E-state index >= 15 is 0 Å². The Morgan fingerprint density at radius 1 is 1.70 bits per heavy atom.